The van der Waals surface area contributed by atoms with Gasteiger partial charge in [-0.05, 0) is 11.6 Å². The van der Waals surface area contributed by atoms with Gasteiger partial charge in [-0.15, -0.1) is 0 Å². The second-order valence-corrected chi connectivity index (χ2v) is 3.58. The molecule has 0 saturated heterocycles. The summed E-state index contributed by atoms with van der Waals surface area (Å²) < 4.78 is 14.6. The standard InChI is InChI=1S/C10H9ClFN3O/c11-10-7(2-1-3-8(10)12)4-15-9(5-16)13-6-14-15/h1-3,6,16H,4-5H2. The van der Waals surface area contributed by atoms with Crippen molar-refractivity contribution >= 4 is 11.6 Å². The van der Waals surface area contributed by atoms with E-state index < -0.39 is 5.82 Å². The number of halogens is 2. The van der Waals surface area contributed by atoms with Gasteiger partial charge in [-0.2, -0.15) is 5.10 Å². The third kappa shape index (κ3) is 2.05. The van der Waals surface area contributed by atoms with Gasteiger partial charge in [0.25, 0.3) is 0 Å². The number of aromatic nitrogens is 3. The van der Waals surface area contributed by atoms with Gasteiger partial charge in [-0.1, -0.05) is 23.7 Å². The third-order valence-corrected chi connectivity index (χ3v) is 2.61. The fraction of sp³-hybridized carbons (Fsp3) is 0.200. The normalized spacial score (nSPS) is 10.7. The largest absolute Gasteiger partial charge is 0.388 e. The molecule has 0 saturated carbocycles. The SMILES string of the molecule is OCc1ncnn1Cc1cccc(F)c1Cl. The maximum atomic E-state index is 13.2. The van der Waals surface area contributed by atoms with Crippen LogP contribution in [0.2, 0.25) is 5.02 Å². The molecule has 0 bridgehead atoms. The number of hydrogen-bond donors (Lipinski definition) is 1. The molecule has 2 rings (SSSR count). The van der Waals surface area contributed by atoms with E-state index in [4.69, 9.17) is 16.7 Å². The topological polar surface area (TPSA) is 50.9 Å². The van der Waals surface area contributed by atoms with Crippen molar-refractivity contribution in [3.05, 3.63) is 46.8 Å². The molecule has 1 aromatic carbocycles. The van der Waals surface area contributed by atoms with E-state index in [0.29, 0.717) is 11.4 Å². The Morgan fingerprint density at radius 3 is 3.00 bits per heavy atom. The van der Waals surface area contributed by atoms with Crippen LogP contribution in [0.15, 0.2) is 24.5 Å². The summed E-state index contributed by atoms with van der Waals surface area (Å²) in [5.41, 5.74) is 0.599. The van der Waals surface area contributed by atoms with Gasteiger partial charge < -0.3 is 5.11 Å². The summed E-state index contributed by atoms with van der Waals surface area (Å²) in [4.78, 5) is 3.85. The average Bonchev–Trinajstić information content (AvgIpc) is 2.72. The molecule has 2 aromatic rings. The first kappa shape index (κ1) is 11.0. The smallest absolute Gasteiger partial charge is 0.152 e. The van der Waals surface area contributed by atoms with Gasteiger partial charge >= 0.3 is 0 Å². The van der Waals surface area contributed by atoms with E-state index in [-0.39, 0.29) is 18.2 Å². The molecule has 0 amide bonds. The lowest BCUT2D eigenvalue weighted by atomic mass is 10.2. The summed E-state index contributed by atoms with van der Waals surface area (Å²) in [6, 6.07) is 4.57. The van der Waals surface area contributed by atoms with E-state index in [1.807, 2.05) is 0 Å². The molecule has 1 N–H and O–H groups in total. The number of nitrogens with zero attached hydrogens (tertiary/aromatic N) is 3. The van der Waals surface area contributed by atoms with Gasteiger partial charge in [0.05, 0.1) is 11.6 Å². The van der Waals surface area contributed by atoms with E-state index >= 15 is 0 Å². The molecule has 0 spiro atoms. The van der Waals surface area contributed by atoms with Gasteiger partial charge in [-0.25, -0.2) is 14.1 Å². The zero-order valence-electron chi connectivity index (χ0n) is 8.27. The van der Waals surface area contributed by atoms with Crippen LogP contribution >= 0.6 is 11.6 Å². The summed E-state index contributed by atoms with van der Waals surface area (Å²) in [6.07, 6.45) is 1.33. The van der Waals surface area contributed by atoms with Crippen molar-refractivity contribution in [3.8, 4) is 0 Å². The van der Waals surface area contributed by atoms with Crippen molar-refractivity contribution in [1.82, 2.24) is 14.8 Å². The second-order valence-electron chi connectivity index (χ2n) is 3.20. The van der Waals surface area contributed by atoms with E-state index in [1.165, 1.54) is 17.1 Å². The molecule has 0 unspecified atom stereocenters. The Hall–Kier alpha value is -1.46. The van der Waals surface area contributed by atoms with Crippen molar-refractivity contribution in [2.75, 3.05) is 0 Å². The molecule has 0 atom stereocenters. The van der Waals surface area contributed by atoms with E-state index in [0.717, 1.165) is 0 Å². The highest BCUT2D eigenvalue weighted by Gasteiger charge is 2.09. The first-order chi connectivity index (χ1) is 7.72. The highest BCUT2D eigenvalue weighted by molar-refractivity contribution is 6.31. The molecule has 4 nitrogen and oxygen atoms in total. The molecule has 1 heterocycles. The van der Waals surface area contributed by atoms with Crippen molar-refractivity contribution in [3.63, 3.8) is 0 Å². The molecular weight excluding hydrogens is 233 g/mol. The first-order valence-corrected chi connectivity index (χ1v) is 5.00. The minimum atomic E-state index is -0.468. The van der Waals surface area contributed by atoms with Crippen LogP contribution in [-0.4, -0.2) is 19.9 Å². The predicted octanol–water partition coefficient (Wildman–Crippen LogP) is 1.61. The fourth-order valence-corrected chi connectivity index (χ4v) is 1.56. The summed E-state index contributed by atoms with van der Waals surface area (Å²) in [6.45, 7) is 0.0689. The van der Waals surface area contributed by atoms with Gasteiger partial charge in [0.15, 0.2) is 5.82 Å². The molecule has 16 heavy (non-hydrogen) atoms. The van der Waals surface area contributed by atoms with Crippen LogP contribution in [-0.2, 0) is 13.2 Å². The molecule has 6 heteroatoms. The summed E-state index contributed by atoms with van der Waals surface area (Å²) >= 11 is 5.81. The highest BCUT2D eigenvalue weighted by Crippen LogP contribution is 2.20. The van der Waals surface area contributed by atoms with Gasteiger partial charge in [0.1, 0.15) is 18.8 Å². The predicted molar refractivity (Wildman–Crippen MR) is 56.5 cm³/mol. The number of rotatable bonds is 3. The first-order valence-electron chi connectivity index (χ1n) is 4.63. The summed E-state index contributed by atoms with van der Waals surface area (Å²) in [7, 11) is 0. The van der Waals surface area contributed by atoms with E-state index in [1.54, 1.807) is 12.1 Å². The molecule has 0 aliphatic heterocycles. The van der Waals surface area contributed by atoms with E-state index in [2.05, 4.69) is 10.1 Å². The Bertz CT molecular complexity index is 501. The van der Waals surface area contributed by atoms with Crippen molar-refractivity contribution in [1.29, 1.82) is 0 Å². The Morgan fingerprint density at radius 2 is 2.25 bits per heavy atom. The quantitative estimate of drug-likeness (QED) is 0.888. The lowest BCUT2D eigenvalue weighted by Crippen LogP contribution is -2.07. The van der Waals surface area contributed by atoms with Crippen LogP contribution in [0.4, 0.5) is 4.39 Å². The van der Waals surface area contributed by atoms with Crippen LogP contribution in [0.25, 0.3) is 0 Å². The minimum absolute atomic E-state index is 0.0712. The Kier molecular flexibility index (Phi) is 3.17. The third-order valence-electron chi connectivity index (χ3n) is 2.19. The minimum Gasteiger partial charge on any atom is -0.388 e. The molecule has 1 aromatic heterocycles. The Labute approximate surface area is 96.3 Å². The van der Waals surface area contributed by atoms with E-state index in [9.17, 15) is 4.39 Å². The Balaban J connectivity index is 2.30. The molecular formula is C10H9ClFN3O. The lowest BCUT2D eigenvalue weighted by Gasteiger charge is -2.06. The molecule has 84 valence electrons. The number of benzene rings is 1. The second kappa shape index (κ2) is 4.59. The van der Waals surface area contributed by atoms with Gasteiger partial charge in [-0.3, -0.25) is 0 Å². The monoisotopic (exact) mass is 241 g/mol. The maximum absolute atomic E-state index is 13.2. The van der Waals surface area contributed by atoms with Crippen molar-refractivity contribution in [2.45, 2.75) is 13.2 Å². The van der Waals surface area contributed by atoms with Gasteiger partial charge in [0.2, 0.25) is 0 Å². The van der Waals surface area contributed by atoms with Crippen LogP contribution in [0, 0.1) is 5.82 Å². The number of hydrogen-bond acceptors (Lipinski definition) is 3. The average molecular weight is 242 g/mol. The molecule has 0 fully saturated rings. The van der Waals surface area contributed by atoms with Crippen LogP contribution in [0.1, 0.15) is 11.4 Å². The van der Waals surface area contributed by atoms with Crippen molar-refractivity contribution in [2.24, 2.45) is 0 Å². The van der Waals surface area contributed by atoms with Crippen molar-refractivity contribution < 1.29 is 9.50 Å². The summed E-state index contributed by atoms with van der Waals surface area (Å²) in [5.74, 6) is -0.0508. The highest BCUT2D eigenvalue weighted by atomic mass is 35.5. The van der Waals surface area contributed by atoms with Crippen LogP contribution in [0.3, 0.4) is 0 Å². The zero-order chi connectivity index (χ0) is 11.5. The summed E-state index contributed by atoms with van der Waals surface area (Å²) in [5, 5.41) is 13.0. The van der Waals surface area contributed by atoms with Gasteiger partial charge in [0, 0.05) is 0 Å². The molecule has 0 radical (unpaired) electrons. The number of aliphatic hydroxyl groups is 1. The fourth-order valence-electron chi connectivity index (χ4n) is 1.37. The Morgan fingerprint density at radius 1 is 1.44 bits per heavy atom. The number of aliphatic hydroxyl groups excluding tert-OH is 1. The molecule has 0 aliphatic carbocycles. The lowest BCUT2D eigenvalue weighted by molar-refractivity contribution is 0.264. The van der Waals surface area contributed by atoms with Crippen LogP contribution < -0.4 is 0 Å². The zero-order valence-corrected chi connectivity index (χ0v) is 9.02. The molecule has 0 aliphatic rings. The maximum Gasteiger partial charge on any atom is 0.152 e. The van der Waals surface area contributed by atoms with Crippen LogP contribution in [0.5, 0.6) is 0 Å².